The number of carbonyl (C=O) groups is 1. The van der Waals surface area contributed by atoms with Crippen LogP contribution < -0.4 is 15.2 Å². The van der Waals surface area contributed by atoms with Gasteiger partial charge in [0, 0.05) is 43.4 Å². The van der Waals surface area contributed by atoms with E-state index in [1.165, 1.54) is 24.4 Å². The molecule has 2 aliphatic rings. The lowest BCUT2D eigenvalue weighted by molar-refractivity contribution is -0.386. The summed E-state index contributed by atoms with van der Waals surface area (Å²) in [5, 5.41) is 12.7. The van der Waals surface area contributed by atoms with E-state index in [1.807, 2.05) is 0 Å². The topological polar surface area (TPSA) is 180 Å². The van der Waals surface area contributed by atoms with Gasteiger partial charge in [-0.25, -0.2) is 17.8 Å². The number of hydrogen-bond acceptors (Lipinski definition) is 10. The number of ether oxygens (including phenoxy) is 3. The van der Waals surface area contributed by atoms with E-state index in [-0.39, 0.29) is 41.7 Å². The second-order valence-electron chi connectivity index (χ2n) is 11.1. The highest BCUT2D eigenvalue weighted by molar-refractivity contribution is 7.91. The molecule has 4 aromatic rings. The van der Waals surface area contributed by atoms with Crippen molar-refractivity contribution in [1.82, 2.24) is 14.9 Å². The molecule has 2 aliphatic heterocycles. The van der Waals surface area contributed by atoms with Gasteiger partial charge in [-0.05, 0) is 55.7 Å². The lowest BCUT2D eigenvalue weighted by Gasteiger charge is -2.38. The van der Waals surface area contributed by atoms with E-state index >= 15 is 4.39 Å². The monoisotopic (exact) mass is 639 g/mol. The molecule has 0 spiro atoms. The number of pyridine rings is 1. The maximum absolute atomic E-state index is 15.6. The number of primary amides is 1. The Hall–Kier alpha value is -4.60. The molecule has 1 atom stereocenters. The van der Waals surface area contributed by atoms with Crippen LogP contribution in [0.1, 0.15) is 29.6 Å². The van der Waals surface area contributed by atoms with E-state index in [0.717, 1.165) is 24.6 Å². The third-order valence-corrected chi connectivity index (χ3v) is 9.94. The largest absolute Gasteiger partial charge is 0.483 e. The van der Waals surface area contributed by atoms with Crippen LogP contribution in [0, 0.1) is 10.1 Å². The molecule has 15 heteroatoms. The summed E-state index contributed by atoms with van der Waals surface area (Å²) in [5.74, 6) is -1.45. The molecule has 1 unspecified atom stereocenters. The van der Waals surface area contributed by atoms with Crippen molar-refractivity contribution in [2.24, 2.45) is 5.73 Å². The van der Waals surface area contributed by atoms with Crippen LogP contribution >= 0.6 is 0 Å². The predicted octanol–water partition coefficient (Wildman–Crippen LogP) is 4.17. The molecule has 2 aromatic carbocycles. The number of nitro groups is 1. The van der Waals surface area contributed by atoms with Crippen LogP contribution in [-0.2, 0) is 14.6 Å². The summed E-state index contributed by atoms with van der Waals surface area (Å²) >= 11 is 0. The first kappa shape index (κ1) is 30.4. The van der Waals surface area contributed by atoms with Crippen molar-refractivity contribution in [3.63, 3.8) is 0 Å². The number of amides is 1. The summed E-state index contributed by atoms with van der Waals surface area (Å²) in [6, 6.07) is 10.5. The Labute approximate surface area is 257 Å². The van der Waals surface area contributed by atoms with Gasteiger partial charge in [0.05, 0.1) is 28.2 Å². The number of nitrogens with zero attached hydrogens (tertiary/aromatic N) is 3. The maximum Gasteiger partial charge on any atom is 0.312 e. The van der Waals surface area contributed by atoms with Gasteiger partial charge >= 0.3 is 5.69 Å². The Morgan fingerprint density at radius 3 is 2.73 bits per heavy atom. The van der Waals surface area contributed by atoms with Crippen molar-refractivity contribution < 1.29 is 36.7 Å². The molecular formula is C30H30FN5O8S. The molecule has 2 aromatic heterocycles. The van der Waals surface area contributed by atoms with Crippen LogP contribution in [0.4, 0.5) is 10.1 Å². The smallest absolute Gasteiger partial charge is 0.312 e. The Kier molecular flexibility index (Phi) is 8.16. The molecule has 0 saturated carbocycles. The van der Waals surface area contributed by atoms with Crippen LogP contribution in [0.3, 0.4) is 0 Å². The van der Waals surface area contributed by atoms with Crippen molar-refractivity contribution >= 4 is 32.5 Å². The Bertz CT molecular complexity index is 1870. The average molecular weight is 640 g/mol. The number of piperidine rings is 1. The zero-order valence-electron chi connectivity index (χ0n) is 24.0. The van der Waals surface area contributed by atoms with E-state index in [1.54, 1.807) is 18.3 Å². The maximum atomic E-state index is 15.6. The molecule has 0 aliphatic carbocycles. The second-order valence-corrected chi connectivity index (χ2v) is 13.0. The number of aromatic amines is 1. The number of nitrogens with one attached hydrogen (secondary N) is 1. The number of likely N-dealkylation sites (tertiary alicyclic amines) is 1. The highest BCUT2D eigenvalue weighted by Crippen LogP contribution is 2.39. The first-order valence-electron chi connectivity index (χ1n) is 14.2. The number of carbonyl (C=O) groups excluding carboxylic acids is 1. The number of fused-ring (bicyclic) bond motifs is 1. The number of nitrogens with two attached hydrogens (primary N) is 1. The van der Waals surface area contributed by atoms with Crippen molar-refractivity contribution in [3.8, 4) is 17.2 Å². The molecule has 0 bridgehead atoms. The van der Waals surface area contributed by atoms with Gasteiger partial charge in [0.15, 0.2) is 11.5 Å². The SMILES string of the molecule is NC(=O)c1cccc(S(=O)(=O)c2ccc(OCC3(F)CCN(C4CCOC4)CC3)c([N+](=O)[O-])c2)c1Oc1cnc2[nH]ccc2c1. The fraction of sp³-hybridized carbons (Fsp3) is 0.333. The quantitative estimate of drug-likeness (QED) is 0.189. The van der Waals surface area contributed by atoms with Crippen LogP contribution in [0.5, 0.6) is 17.2 Å². The Balaban J connectivity index is 1.26. The fourth-order valence-corrected chi connectivity index (χ4v) is 7.05. The van der Waals surface area contributed by atoms with Crippen molar-refractivity contribution in [2.45, 2.75) is 40.8 Å². The van der Waals surface area contributed by atoms with Gasteiger partial charge in [-0.1, -0.05) is 6.07 Å². The molecule has 45 heavy (non-hydrogen) atoms. The van der Waals surface area contributed by atoms with E-state index in [4.69, 9.17) is 19.9 Å². The van der Waals surface area contributed by atoms with Crippen molar-refractivity contribution in [3.05, 3.63) is 76.6 Å². The molecule has 236 valence electrons. The number of hydrogen-bond donors (Lipinski definition) is 2. The molecule has 0 radical (unpaired) electrons. The number of alkyl halides is 1. The van der Waals surface area contributed by atoms with E-state index in [2.05, 4.69) is 14.9 Å². The van der Waals surface area contributed by atoms with E-state index in [0.29, 0.717) is 37.3 Å². The molecule has 2 saturated heterocycles. The summed E-state index contributed by atoms with van der Waals surface area (Å²) in [7, 11) is -4.52. The normalized spacial score (nSPS) is 18.6. The summed E-state index contributed by atoms with van der Waals surface area (Å²) in [6.45, 7) is 1.91. The third-order valence-electron chi connectivity index (χ3n) is 8.17. The number of H-pyrrole nitrogens is 1. The molecule has 2 fully saturated rings. The molecule has 6 rings (SSSR count). The number of rotatable bonds is 10. The highest BCUT2D eigenvalue weighted by Gasteiger charge is 2.39. The lowest BCUT2D eigenvalue weighted by Crippen LogP contribution is -2.48. The number of benzene rings is 2. The lowest BCUT2D eigenvalue weighted by atomic mass is 9.93. The van der Waals surface area contributed by atoms with Crippen molar-refractivity contribution in [2.75, 3.05) is 32.9 Å². The first-order chi connectivity index (χ1) is 21.5. The van der Waals surface area contributed by atoms with Gasteiger partial charge in [0.2, 0.25) is 9.84 Å². The van der Waals surface area contributed by atoms with Gasteiger partial charge in [-0.3, -0.25) is 19.8 Å². The van der Waals surface area contributed by atoms with E-state index in [9.17, 15) is 23.3 Å². The summed E-state index contributed by atoms with van der Waals surface area (Å²) in [4.78, 5) is 31.9. The summed E-state index contributed by atoms with van der Waals surface area (Å²) < 4.78 is 60.3. The number of halogens is 1. The van der Waals surface area contributed by atoms with Gasteiger partial charge < -0.3 is 24.9 Å². The molecule has 1 amide bonds. The standard InChI is InChI=1S/C30H30FN5O8S/c31-30(8-11-35(12-9-30)20-7-13-42-17-20)18-43-25-5-4-22(15-24(25)36(38)39)45(40,41)26-3-1-2-23(28(32)37)27(26)44-21-14-19-6-10-33-29(19)34-16-21/h1-6,10,14-16,20H,7-9,11-13,17-18H2,(H2,32,37)(H,33,34). The van der Waals surface area contributed by atoms with Gasteiger partial charge in [0.1, 0.15) is 28.6 Å². The Morgan fingerprint density at radius 1 is 1.22 bits per heavy atom. The second kappa shape index (κ2) is 12.1. The highest BCUT2D eigenvalue weighted by atomic mass is 32.2. The van der Waals surface area contributed by atoms with Crippen LogP contribution in [0.2, 0.25) is 0 Å². The predicted molar refractivity (Wildman–Crippen MR) is 159 cm³/mol. The van der Waals surface area contributed by atoms with Gasteiger partial charge in [-0.15, -0.1) is 0 Å². The summed E-state index contributed by atoms with van der Waals surface area (Å²) in [6.07, 6.45) is 4.29. The van der Waals surface area contributed by atoms with Crippen molar-refractivity contribution in [1.29, 1.82) is 0 Å². The minimum absolute atomic E-state index is 0.129. The first-order valence-corrected chi connectivity index (χ1v) is 15.7. The zero-order chi connectivity index (χ0) is 31.8. The average Bonchev–Trinajstić information content (AvgIpc) is 3.73. The van der Waals surface area contributed by atoms with E-state index < -0.39 is 48.4 Å². The molecule has 13 nitrogen and oxygen atoms in total. The number of aromatic nitrogens is 2. The fourth-order valence-electron chi connectivity index (χ4n) is 5.63. The molecule has 3 N–H and O–H groups in total. The minimum atomic E-state index is -4.52. The minimum Gasteiger partial charge on any atom is -0.483 e. The summed E-state index contributed by atoms with van der Waals surface area (Å²) in [5.41, 5.74) is 3.53. The zero-order valence-corrected chi connectivity index (χ0v) is 24.8. The number of nitro benzene ring substituents is 1. The van der Waals surface area contributed by atoms with Crippen LogP contribution in [0.25, 0.3) is 11.0 Å². The Morgan fingerprint density at radius 2 is 2.02 bits per heavy atom. The number of sulfone groups is 1. The van der Waals surface area contributed by atoms with Gasteiger partial charge in [0.25, 0.3) is 5.91 Å². The number of para-hydroxylation sites is 1. The third kappa shape index (κ3) is 6.18. The van der Waals surface area contributed by atoms with Gasteiger partial charge in [-0.2, -0.15) is 0 Å². The molecule has 4 heterocycles. The van der Waals surface area contributed by atoms with Crippen LogP contribution in [0.15, 0.2) is 70.7 Å². The molecular weight excluding hydrogens is 609 g/mol. The van der Waals surface area contributed by atoms with Crippen LogP contribution in [-0.4, -0.2) is 78.7 Å².